The van der Waals surface area contributed by atoms with Crippen LogP contribution in [0.5, 0.6) is 0 Å². The molecule has 0 aromatic heterocycles. The summed E-state index contributed by atoms with van der Waals surface area (Å²) in [5.41, 5.74) is 1.71. The zero-order valence-electron chi connectivity index (χ0n) is 12.9. The summed E-state index contributed by atoms with van der Waals surface area (Å²) in [6, 6.07) is 7.29. The summed E-state index contributed by atoms with van der Waals surface area (Å²) in [6.07, 6.45) is 1.85. The summed E-state index contributed by atoms with van der Waals surface area (Å²) >= 11 is 0. The van der Waals surface area contributed by atoms with Gasteiger partial charge in [-0.2, -0.15) is 0 Å². The van der Waals surface area contributed by atoms with E-state index >= 15 is 0 Å². The summed E-state index contributed by atoms with van der Waals surface area (Å²) < 4.78 is 10.4. The normalized spacial score (nSPS) is 20.4. The molecule has 2 aliphatic heterocycles. The van der Waals surface area contributed by atoms with Crippen LogP contribution in [-0.4, -0.2) is 44.5 Å². The second kappa shape index (κ2) is 7.32. The Morgan fingerprint density at radius 1 is 1.30 bits per heavy atom. The van der Waals surface area contributed by atoms with Crippen LogP contribution in [0, 0.1) is 0 Å². The van der Waals surface area contributed by atoms with Crippen molar-refractivity contribution >= 4 is 17.8 Å². The Morgan fingerprint density at radius 2 is 2.22 bits per heavy atom. The van der Waals surface area contributed by atoms with Crippen LogP contribution in [0.3, 0.4) is 0 Å². The van der Waals surface area contributed by atoms with Crippen LogP contribution in [0.4, 0.5) is 15.3 Å². The lowest BCUT2D eigenvalue weighted by atomic mass is 10.2. The third-order valence-electron chi connectivity index (χ3n) is 3.95. The number of nitrogens with one attached hydrogen (secondary N) is 2. The second-order valence-corrected chi connectivity index (χ2v) is 5.63. The van der Waals surface area contributed by atoms with Crippen molar-refractivity contribution < 1.29 is 19.1 Å². The third-order valence-corrected chi connectivity index (χ3v) is 3.95. The minimum Gasteiger partial charge on any atom is -0.447 e. The predicted octanol–water partition coefficient (Wildman–Crippen LogP) is 1.62. The van der Waals surface area contributed by atoms with E-state index in [2.05, 4.69) is 10.6 Å². The molecular formula is C16H21N3O4. The largest absolute Gasteiger partial charge is 0.447 e. The van der Waals surface area contributed by atoms with Crippen molar-refractivity contribution in [1.82, 2.24) is 10.6 Å². The average molecular weight is 319 g/mol. The molecule has 2 fully saturated rings. The van der Waals surface area contributed by atoms with Crippen LogP contribution in [-0.2, 0) is 16.0 Å². The molecule has 0 spiro atoms. The van der Waals surface area contributed by atoms with Gasteiger partial charge in [-0.25, -0.2) is 9.59 Å². The highest BCUT2D eigenvalue weighted by Gasteiger charge is 2.23. The highest BCUT2D eigenvalue weighted by molar-refractivity contribution is 5.89. The molecule has 0 radical (unpaired) electrons. The Bertz CT molecular complexity index is 572. The van der Waals surface area contributed by atoms with Gasteiger partial charge in [0.1, 0.15) is 6.61 Å². The van der Waals surface area contributed by atoms with Gasteiger partial charge >= 0.3 is 12.1 Å². The molecule has 7 heteroatoms. The number of benzene rings is 1. The Balaban J connectivity index is 1.47. The fourth-order valence-electron chi connectivity index (χ4n) is 2.72. The number of ether oxygens (including phenoxy) is 2. The minimum absolute atomic E-state index is 0.130. The van der Waals surface area contributed by atoms with E-state index in [1.165, 1.54) is 0 Å². The number of amides is 3. The third kappa shape index (κ3) is 4.13. The molecule has 3 rings (SSSR count). The van der Waals surface area contributed by atoms with Gasteiger partial charge in [0.15, 0.2) is 0 Å². The number of carbonyl (C=O) groups excluding carboxylic acids is 2. The van der Waals surface area contributed by atoms with Gasteiger partial charge in [0.25, 0.3) is 0 Å². The molecule has 2 heterocycles. The maximum atomic E-state index is 11.8. The lowest BCUT2D eigenvalue weighted by Crippen LogP contribution is -2.39. The minimum atomic E-state index is -0.329. The van der Waals surface area contributed by atoms with Gasteiger partial charge in [0, 0.05) is 25.4 Å². The van der Waals surface area contributed by atoms with Crippen LogP contribution in [0.25, 0.3) is 0 Å². The summed E-state index contributed by atoms with van der Waals surface area (Å²) in [5.74, 6) is 0. The van der Waals surface area contributed by atoms with Crippen LogP contribution in [0.1, 0.15) is 18.4 Å². The molecule has 124 valence electrons. The van der Waals surface area contributed by atoms with E-state index in [1.54, 1.807) is 4.90 Å². The van der Waals surface area contributed by atoms with Gasteiger partial charge in [0.2, 0.25) is 0 Å². The molecule has 0 aliphatic carbocycles. The molecule has 3 amide bonds. The first-order valence-electron chi connectivity index (χ1n) is 7.89. The quantitative estimate of drug-likeness (QED) is 0.864. The molecule has 1 atom stereocenters. The molecule has 2 saturated heterocycles. The van der Waals surface area contributed by atoms with Crippen molar-refractivity contribution in [3.05, 3.63) is 29.8 Å². The highest BCUT2D eigenvalue weighted by atomic mass is 16.6. The fraction of sp³-hybridized carbons (Fsp3) is 0.500. The first-order chi connectivity index (χ1) is 11.2. The van der Waals surface area contributed by atoms with E-state index in [0.29, 0.717) is 26.2 Å². The molecule has 0 saturated carbocycles. The first-order valence-corrected chi connectivity index (χ1v) is 7.89. The molecule has 1 unspecified atom stereocenters. The van der Waals surface area contributed by atoms with Gasteiger partial charge in [-0.3, -0.25) is 4.90 Å². The second-order valence-electron chi connectivity index (χ2n) is 5.63. The first kappa shape index (κ1) is 15.6. The van der Waals surface area contributed by atoms with E-state index in [-0.39, 0.29) is 18.2 Å². The zero-order chi connectivity index (χ0) is 16.1. The standard InChI is InChI=1S/C16H21N3O4/c20-15(18-11-14-5-2-7-22-14)17-10-12-3-1-4-13(9-12)19-6-8-23-16(19)21/h1,3-4,9,14H,2,5-8,10-11H2,(H2,17,18,20). The van der Waals surface area contributed by atoms with Gasteiger partial charge in [0.05, 0.1) is 12.6 Å². The molecule has 7 nitrogen and oxygen atoms in total. The SMILES string of the molecule is O=C(NCc1cccc(N2CCOC2=O)c1)NCC1CCCO1. The number of hydrogen-bond donors (Lipinski definition) is 2. The molecular weight excluding hydrogens is 298 g/mol. The molecule has 0 bridgehead atoms. The molecule has 1 aromatic rings. The van der Waals surface area contributed by atoms with Crippen molar-refractivity contribution in [2.75, 3.05) is 31.2 Å². The number of urea groups is 1. The number of nitrogens with zero attached hydrogens (tertiary/aromatic N) is 1. The maximum Gasteiger partial charge on any atom is 0.414 e. The summed E-state index contributed by atoms with van der Waals surface area (Å²) in [4.78, 5) is 25.0. The Morgan fingerprint density at radius 3 is 2.96 bits per heavy atom. The van der Waals surface area contributed by atoms with Gasteiger partial charge in [-0.05, 0) is 30.5 Å². The number of rotatable bonds is 5. The topological polar surface area (TPSA) is 79.9 Å². The van der Waals surface area contributed by atoms with Crippen LogP contribution >= 0.6 is 0 Å². The fourth-order valence-corrected chi connectivity index (χ4v) is 2.72. The number of hydrogen-bond acceptors (Lipinski definition) is 4. The molecule has 2 N–H and O–H groups in total. The van der Waals surface area contributed by atoms with E-state index in [1.807, 2.05) is 24.3 Å². The zero-order valence-corrected chi connectivity index (χ0v) is 12.9. The maximum absolute atomic E-state index is 11.8. The summed E-state index contributed by atoms with van der Waals surface area (Å²) in [7, 11) is 0. The number of anilines is 1. The van der Waals surface area contributed by atoms with E-state index in [0.717, 1.165) is 30.7 Å². The average Bonchev–Trinajstić information content (AvgIpc) is 3.22. The molecule has 1 aromatic carbocycles. The van der Waals surface area contributed by atoms with Crippen molar-refractivity contribution in [2.45, 2.75) is 25.5 Å². The van der Waals surface area contributed by atoms with Crippen LogP contribution in [0.2, 0.25) is 0 Å². The van der Waals surface area contributed by atoms with Crippen molar-refractivity contribution in [3.63, 3.8) is 0 Å². The predicted molar refractivity (Wildman–Crippen MR) is 84.3 cm³/mol. The Kier molecular flexibility index (Phi) is 4.97. The van der Waals surface area contributed by atoms with Crippen LogP contribution in [0.15, 0.2) is 24.3 Å². The highest BCUT2D eigenvalue weighted by Crippen LogP contribution is 2.19. The Hall–Kier alpha value is -2.28. The summed E-state index contributed by atoms with van der Waals surface area (Å²) in [5, 5.41) is 5.62. The monoisotopic (exact) mass is 319 g/mol. The van der Waals surface area contributed by atoms with Gasteiger partial charge in [-0.15, -0.1) is 0 Å². The Labute approximate surface area is 134 Å². The van der Waals surface area contributed by atoms with Crippen molar-refractivity contribution in [1.29, 1.82) is 0 Å². The smallest absolute Gasteiger partial charge is 0.414 e. The van der Waals surface area contributed by atoms with Gasteiger partial charge < -0.3 is 20.1 Å². The van der Waals surface area contributed by atoms with Crippen molar-refractivity contribution in [2.24, 2.45) is 0 Å². The van der Waals surface area contributed by atoms with E-state index < -0.39 is 0 Å². The van der Waals surface area contributed by atoms with Crippen molar-refractivity contribution in [3.8, 4) is 0 Å². The molecule has 23 heavy (non-hydrogen) atoms. The summed E-state index contributed by atoms with van der Waals surface area (Å²) in [6.45, 7) is 2.67. The molecule has 2 aliphatic rings. The lowest BCUT2D eigenvalue weighted by Gasteiger charge is -2.15. The van der Waals surface area contributed by atoms with Crippen LogP contribution < -0.4 is 15.5 Å². The van der Waals surface area contributed by atoms with E-state index in [9.17, 15) is 9.59 Å². The van der Waals surface area contributed by atoms with Gasteiger partial charge in [-0.1, -0.05) is 12.1 Å². The van der Waals surface area contributed by atoms with E-state index in [4.69, 9.17) is 9.47 Å². The number of cyclic esters (lactones) is 1. The number of carbonyl (C=O) groups is 2. The lowest BCUT2D eigenvalue weighted by molar-refractivity contribution is 0.111.